The Morgan fingerprint density at radius 2 is 1.88 bits per heavy atom. The van der Waals surface area contributed by atoms with Gasteiger partial charge in [-0.05, 0) is 20.8 Å². The molecule has 0 aliphatic rings. The average molecular weight is 119 g/mol. The van der Waals surface area contributed by atoms with Crippen LogP contribution in [-0.2, 0) is 4.74 Å². The predicted molar refractivity (Wildman–Crippen MR) is 31.0 cm³/mol. The van der Waals surface area contributed by atoms with E-state index < -0.39 is 6.41 Å². The summed E-state index contributed by atoms with van der Waals surface area (Å²) in [5, 5.41) is 8.44. The minimum atomic E-state index is -1.16. The van der Waals surface area contributed by atoms with Crippen molar-refractivity contribution in [3.8, 4) is 0 Å². The highest BCUT2D eigenvalue weighted by molar-refractivity contribution is 4.57. The lowest BCUT2D eigenvalue weighted by atomic mass is 10.2. The molecule has 0 aliphatic carbocycles. The molecule has 0 rings (SSSR count). The number of hydrogen-bond acceptors (Lipinski definition) is 3. The molecular weight excluding hydrogens is 106 g/mol. The molecule has 0 unspecified atom stereocenters. The highest BCUT2D eigenvalue weighted by Crippen LogP contribution is 2.06. The van der Waals surface area contributed by atoms with Gasteiger partial charge < -0.3 is 9.84 Å². The highest BCUT2D eigenvalue weighted by atomic mass is 16.6. The Bertz CT molecular complexity index is 65.3. The largest absolute Gasteiger partial charge is 0.356 e. The predicted octanol–water partition coefficient (Wildman–Crippen LogP) is 0.0361. The molecule has 0 aromatic rings. The second-order valence-corrected chi connectivity index (χ2v) is 2.62. The summed E-state index contributed by atoms with van der Waals surface area (Å²) in [5.41, 5.74) is 4.56. The van der Waals surface area contributed by atoms with Gasteiger partial charge in [-0.3, -0.25) is 5.73 Å². The van der Waals surface area contributed by atoms with Gasteiger partial charge in [0.2, 0.25) is 6.41 Å². The van der Waals surface area contributed by atoms with E-state index in [1.807, 2.05) is 20.8 Å². The van der Waals surface area contributed by atoms with Gasteiger partial charge in [0.05, 0.1) is 5.60 Å². The van der Waals surface area contributed by atoms with E-state index in [-0.39, 0.29) is 5.60 Å². The number of rotatable bonds is 1. The van der Waals surface area contributed by atoms with Crippen molar-refractivity contribution in [1.82, 2.24) is 0 Å². The lowest BCUT2D eigenvalue weighted by Gasteiger charge is -2.20. The molecule has 50 valence electrons. The maximum atomic E-state index is 8.44. The van der Waals surface area contributed by atoms with Crippen LogP contribution in [0.1, 0.15) is 20.8 Å². The van der Waals surface area contributed by atoms with E-state index in [1.165, 1.54) is 0 Å². The van der Waals surface area contributed by atoms with Crippen LogP contribution in [0.15, 0.2) is 0 Å². The molecule has 3 nitrogen and oxygen atoms in total. The van der Waals surface area contributed by atoms with Crippen molar-refractivity contribution in [2.45, 2.75) is 32.8 Å². The first-order valence-electron chi connectivity index (χ1n) is 2.53. The zero-order valence-electron chi connectivity index (χ0n) is 5.51. The van der Waals surface area contributed by atoms with E-state index in [1.54, 1.807) is 0 Å². The Hall–Kier alpha value is -0.120. The van der Waals surface area contributed by atoms with E-state index in [4.69, 9.17) is 15.6 Å². The normalized spacial score (nSPS) is 16.1. The lowest BCUT2D eigenvalue weighted by molar-refractivity contribution is -0.161. The van der Waals surface area contributed by atoms with Crippen LogP contribution in [0.5, 0.6) is 0 Å². The number of hydrogen-bond donors (Lipinski definition) is 2. The third kappa shape index (κ3) is 5.88. The standard InChI is InChI=1S/C5H13NO2/c1-5(2,3)8-4(6)7/h4,7H,6H2,1-3H3/t4-/m0/s1. The first-order chi connectivity index (χ1) is 3.42. The highest BCUT2D eigenvalue weighted by Gasteiger charge is 2.12. The van der Waals surface area contributed by atoms with Crippen molar-refractivity contribution in [1.29, 1.82) is 0 Å². The maximum absolute atomic E-state index is 8.44. The summed E-state index contributed by atoms with van der Waals surface area (Å²) in [6.45, 7) is 5.47. The van der Waals surface area contributed by atoms with Gasteiger partial charge in [0.25, 0.3) is 0 Å². The fraction of sp³-hybridized carbons (Fsp3) is 1.00. The SMILES string of the molecule is CC(C)(C)O[C@@H](N)O. The van der Waals surface area contributed by atoms with E-state index in [2.05, 4.69) is 0 Å². The van der Waals surface area contributed by atoms with Gasteiger partial charge in [-0.25, -0.2) is 0 Å². The van der Waals surface area contributed by atoms with Crippen LogP contribution >= 0.6 is 0 Å². The molecule has 8 heavy (non-hydrogen) atoms. The van der Waals surface area contributed by atoms with Gasteiger partial charge in [0.15, 0.2) is 0 Å². The smallest absolute Gasteiger partial charge is 0.211 e. The summed E-state index contributed by atoms with van der Waals surface area (Å²) in [5.74, 6) is 0. The molecule has 3 heteroatoms. The van der Waals surface area contributed by atoms with Gasteiger partial charge in [-0.2, -0.15) is 0 Å². The maximum Gasteiger partial charge on any atom is 0.211 e. The molecule has 1 atom stereocenters. The van der Waals surface area contributed by atoms with Gasteiger partial charge in [-0.15, -0.1) is 0 Å². The molecule has 0 radical (unpaired) electrons. The Morgan fingerprint density at radius 3 is 1.88 bits per heavy atom. The monoisotopic (exact) mass is 119 g/mol. The van der Waals surface area contributed by atoms with E-state index >= 15 is 0 Å². The van der Waals surface area contributed by atoms with E-state index in [0.29, 0.717) is 0 Å². The Kier molecular flexibility index (Phi) is 2.40. The van der Waals surface area contributed by atoms with Gasteiger partial charge in [0.1, 0.15) is 0 Å². The Morgan fingerprint density at radius 1 is 1.50 bits per heavy atom. The third-order valence-corrected chi connectivity index (χ3v) is 0.474. The minimum Gasteiger partial charge on any atom is -0.356 e. The van der Waals surface area contributed by atoms with Crippen molar-refractivity contribution in [2.24, 2.45) is 5.73 Å². The Labute approximate surface area is 49.4 Å². The van der Waals surface area contributed by atoms with Gasteiger partial charge in [0, 0.05) is 0 Å². The number of nitrogens with two attached hydrogens (primary N) is 1. The van der Waals surface area contributed by atoms with Crippen molar-refractivity contribution in [3.05, 3.63) is 0 Å². The van der Waals surface area contributed by atoms with Gasteiger partial charge >= 0.3 is 0 Å². The molecular formula is C5H13NO2. The summed E-state index contributed by atoms with van der Waals surface area (Å²) in [6.07, 6.45) is -1.16. The molecule has 0 fully saturated rings. The molecule has 0 aromatic carbocycles. The molecule has 0 heterocycles. The topological polar surface area (TPSA) is 55.5 Å². The van der Waals surface area contributed by atoms with Crippen molar-refractivity contribution in [2.75, 3.05) is 0 Å². The van der Waals surface area contributed by atoms with Crippen LogP contribution in [0, 0.1) is 0 Å². The quantitative estimate of drug-likeness (QED) is 0.479. The zero-order valence-corrected chi connectivity index (χ0v) is 5.51. The fourth-order valence-electron chi connectivity index (χ4n) is 0.362. The first-order valence-corrected chi connectivity index (χ1v) is 2.53. The molecule has 0 bridgehead atoms. The third-order valence-electron chi connectivity index (χ3n) is 0.474. The van der Waals surface area contributed by atoms with E-state index in [9.17, 15) is 0 Å². The van der Waals surface area contributed by atoms with Crippen molar-refractivity contribution in [3.63, 3.8) is 0 Å². The molecule has 0 spiro atoms. The van der Waals surface area contributed by atoms with Crippen molar-refractivity contribution >= 4 is 0 Å². The summed E-state index contributed by atoms with van der Waals surface area (Å²) in [4.78, 5) is 0. The van der Waals surface area contributed by atoms with E-state index in [0.717, 1.165) is 0 Å². The number of aliphatic hydroxyl groups excluding tert-OH is 1. The van der Waals surface area contributed by atoms with Crippen LogP contribution in [0.25, 0.3) is 0 Å². The lowest BCUT2D eigenvalue weighted by Crippen LogP contribution is -2.32. The first kappa shape index (κ1) is 7.88. The summed E-state index contributed by atoms with van der Waals surface area (Å²) >= 11 is 0. The van der Waals surface area contributed by atoms with Gasteiger partial charge in [-0.1, -0.05) is 0 Å². The molecule has 0 aromatic heterocycles. The Balaban J connectivity index is 3.39. The van der Waals surface area contributed by atoms with Crippen LogP contribution in [-0.4, -0.2) is 17.1 Å². The molecule has 0 amide bonds. The average Bonchev–Trinajstić information content (AvgIpc) is 1.21. The second kappa shape index (κ2) is 2.44. The molecule has 3 N–H and O–H groups in total. The van der Waals surface area contributed by atoms with Crippen molar-refractivity contribution < 1.29 is 9.84 Å². The molecule has 0 saturated carbocycles. The minimum absolute atomic E-state index is 0.353. The molecule has 0 saturated heterocycles. The summed E-state index contributed by atoms with van der Waals surface area (Å²) < 4.78 is 4.77. The summed E-state index contributed by atoms with van der Waals surface area (Å²) in [6, 6.07) is 0. The molecule has 0 aliphatic heterocycles. The number of aliphatic hydroxyl groups is 1. The van der Waals surface area contributed by atoms with Crippen LogP contribution < -0.4 is 5.73 Å². The number of ether oxygens (including phenoxy) is 1. The second-order valence-electron chi connectivity index (χ2n) is 2.62. The van der Waals surface area contributed by atoms with Crippen LogP contribution in [0.3, 0.4) is 0 Å². The van der Waals surface area contributed by atoms with Crippen LogP contribution in [0.4, 0.5) is 0 Å². The summed E-state index contributed by atoms with van der Waals surface area (Å²) in [7, 11) is 0. The van der Waals surface area contributed by atoms with Crippen LogP contribution in [0.2, 0.25) is 0 Å². The zero-order chi connectivity index (χ0) is 6.78. The fourth-order valence-corrected chi connectivity index (χ4v) is 0.362.